The van der Waals surface area contributed by atoms with E-state index in [1.165, 1.54) is 0 Å². The second-order valence-corrected chi connectivity index (χ2v) is 17.3. The van der Waals surface area contributed by atoms with Crippen molar-refractivity contribution in [1.29, 1.82) is 0 Å². The molecule has 0 spiro atoms. The minimum absolute atomic E-state index is 0.0135. The van der Waals surface area contributed by atoms with Gasteiger partial charge in [-0.3, -0.25) is 33.6 Å². The van der Waals surface area contributed by atoms with E-state index in [1.807, 2.05) is 6.07 Å². The molecule has 2 saturated heterocycles. The predicted molar refractivity (Wildman–Crippen MR) is 236 cm³/mol. The third kappa shape index (κ3) is 18.0. The van der Waals surface area contributed by atoms with Crippen molar-refractivity contribution in [2.45, 2.75) is 162 Å². The van der Waals surface area contributed by atoms with E-state index in [0.29, 0.717) is 11.1 Å². The van der Waals surface area contributed by atoms with Crippen molar-refractivity contribution in [3.63, 3.8) is 0 Å². The molecule has 0 bridgehead atoms. The number of carbonyl (C=O) groups excluding carboxylic acids is 9. The lowest BCUT2D eigenvalue weighted by Gasteiger charge is -2.49. The molecule has 2 fully saturated rings. The highest BCUT2D eigenvalue weighted by atomic mass is 16.8. The summed E-state index contributed by atoms with van der Waals surface area (Å²) in [4.78, 5) is 114. The molecule has 2 aromatic rings. The number of rotatable bonds is 19. The van der Waals surface area contributed by atoms with Crippen LogP contribution in [0.2, 0.25) is 0 Å². The van der Waals surface area contributed by atoms with Crippen LogP contribution in [0.3, 0.4) is 0 Å². The Kier molecular flexibility index (Phi) is 20.6. The molecule has 11 atom stereocenters. The normalized spacial score (nSPS) is 24.5. The van der Waals surface area contributed by atoms with Gasteiger partial charge in [0, 0.05) is 61.3 Å². The Balaban J connectivity index is 1.71. The highest BCUT2D eigenvalue weighted by Gasteiger charge is 2.57. The number of hydrogen-bond acceptors (Lipinski definition) is 21. The van der Waals surface area contributed by atoms with Gasteiger partial charge < -0.3 is 62.2 Å². The molecule has 0 saturated carbocycles. The van der Waals surface area contributed by atoms with Crippen LogP contribution >= 0.6 is 0 Å². The molecule has 4 rings (SSSR count). The number of nitrogens with one attached hydrogen (secondary N) is 1. The number of esters is 8. The van der Waals surface area contributed by atoms with Gasteiger partial charge in [-0.15, -0.1) is 0 Å². The molecule has 1 amide bonds. The average molecular weight is 988 g/mol. The zero-order chi connectivity index (χ0) is 51.9. The number of ether oxygens (including phenoxy) is 12. The molecule has 0 radical (unpaired) electrons. The highest BCUT2D eigenvalue weighted by Crippen LogP contribution is 2.36. The minimum atomic E-state index is -1.83. The van der Waals surface area contributed by atoms with Gasteiger partial charge in [-0.05, 0) is 37.5 Å². The summed E-state index contributed by atoms with van der Waals surface area (Å²) in [5.74, 6) is -6.68. The van der Waals surface area contributed by atoms with E-state index in [-0.39, 0.29) is 19.4 Å². The smallest absolute Gasteiger partial charge is 0.408 e. The first kappa shape index (κ1) is 55.9. The summed E-state index contributed by atoms with van der Waals surface area (Å²) >= 11 is 0. The molecule has 0 unspecified atom stereocenters. The van der Waals surface area contributed by atoms with Gasteiger partial charge in [-0.1, -0.05) is 54.6 Å². The Morgan fingerprint density at radius 2 is 0.971 bits per heavy atom. The lowest BCUT2D eigenvalue weighted by molar-refractivity contribution is -0.344. The van der Waals surface area contributed by atoms with Gasteiger partial charge in [0.05, 0.1) is 0 Å². The number of amides is 1. The van der Waals surface area contributed by atoms with Crippen molar-refractivity contribution < 1.29 is 100.0 Å². The van der Waals surface area contributed by atoms with Crippen LogP contribution in [0.1, 0.15) is 85.9 Å². The van der Waals surface area contributed by atoms with Crippen molar-refractivity contribution in [3.05, 3.63) is 71.3 Å². The first-order valence-electron chi connectivity index (χ1n) is 22.3. The maximum Gasteiger partial charge on any atom is 0.408 e. The van der Waals surface area contributed by atoms with E-state index >= 15 is 0 Å². The predicted octanol–water partition coefficient (Wildman–Crippen LogP) is 3.07. The second kappa shape index (κ2) is 25.8. The maximum absolute atomic E-state index is 13.4. The summed E-state index contributed by atoms with van der Waals surface area (Å²) in [6.07, 6.45) is -16.3. The van der Waals surface area contributed by atoms with E-state index in [4.69, 9.17) is 56.8 Å². The van der Waals surface area contributed by atoms with Crippen LogP contribution in [0.25, 0.3) is 0 Å². The van der Waals surface area contributed by atoms with Gasteiger partial charge in [-0.25, -0.2) is 9.59 Å². The van der Waals surface area contributed by atoms with Crippen molar-refractivity contribution in [2.75, 3.05) is 13.2 Å². The fraction of sp³-hybridized carbons (Fsp3) is 0.562. The Morgan fingerprint density at radius 3 is 1.47 bits per heavy atom. The van der Waals surface area contributed by atoms with Crippen LogP contribution in [-0.2, 0) is 115 Å². The minimum Gasteiger partial charge on any atom is -0.463 e. The zero-order valence-corrected chi connectivity index (χ0v) is 40.7. The van der Waals surface area contributed by atoms with E-state index in [2.05, 4.69) is 5.32 Å². The lowest BCUT2D eigenvalue weighted by atomic mass is 9.90. The first-order chi connectivity index (χ1) is 32.9. The van der Waals surface area contributed by atoms with Gasteiger partial charge in [0.15, 0.2) is 36.8 Å². The summed E-state index contributed by atoms with van der Waals surface area (Å²) in [6, 6.07) is 14.6. The van der Waals surface area contributed by atoms with Gasteiger partial charge in [0.1, 0.15) is 55.9 Å². The molecule has 22 heteroatoms. The van der Waals surface area contributed by atoms with Crippen LogP contribution in [0.5, 0.6) is 0 Å². The number of alkyl carbamates (subject to hydrolysis) is 1. The maximum atomic E-state index is 13.4. The van der Waals surface area contributed by atoms with E-state index in [9.17, 15) is 43.2 Å². The van der Waals surface area contributed by atoms with E-state index in [0.717, 1.165) is 54.0 Å². The number of benzene rings is 2. The summed E-state index contributed by atoms with van der Waals surface area (Å²) in [5, 5.41) is 2.60. The van der Waals surface area contributed by atoms with Crippen LogP contribution in [0, 0.1) is 0 Å². The molecule has 70 heavy (non-hydrogen) atoms. The molecule has 22 nitrogen and oxygen atoms in total. The molecule has 2 heterocycles. The zero-order valence-electron chi connectivity index (χ0n) is 40.7. The van der Waals surface area contributed by atoms with Gasteiger partial charge in [0.2, 0.25) is 0 Å². The quantitative estimate of drug-likeness (QED) is 0.156. The van der Waals surface area contributed by atoms with Crippen molar-refractivity contribution >= 4 is 53.8 Å². The Bertz CT molecular complexity index is 2160. The van der Waals surface area contributed by atoms with Crippen molar-refractivity contribution in [1.82, 2.24) is 5.32 Å². The van der Waals surface area contributed by atoms with Crippen molar-refractivity contribution in [3.8, 4) is 0 Å². The van der Waals surface area contributed by atoms with Crippen molar-refractivity contribution in [2.24, 2.45) is 0 Å². The van der Waals surface area contributed by atoms with Gasteiger partial charge >= 0.3 is 53.8 Å². The molecular weight excluding hydrogens is 927 g/mol. The SMILES string of the molecule is CC(=O)OC[C@H]1O[C@H](Cc2ccc(C[C@H](NC(=O)OC(C)(C)C)C(=O)OCc3ccccc3)cc2)[C@@H](OC(C)=O)[C@@H](OC(C)=O)[C@@H]1O[C@H]1O[C@H](COC(C)=O)[C@@H](OC(C)=O)[C@H](OC(C)=O)[C@H]1OC(C)=O. The van der Waals surface area contributed by atoms with Crippen LogP contribution in [0.4, 0.5) is 4.79 Å². The standard InChI is InChI=1S/C48H61NO21/c1-25(50)59-23-37-41(69-46-44(66-31(7)56)43(65-30(6)55)40(63-28(4)53)38(68-46)24-60-26(2)51)42(64-29(5)54)39(62-27(3)52)36(67-37)21-33-18-16-32(17-19-33)20-35(49-47(58)70-48(8,9)10)45(57)61-22-34-14-12-11-13-15-34/h11-19,35-44,46H,20-24H2,1-10H3,(H,49,58)/t35-,36+,37+,38+,39+,40+,41+,42+,43-,44+,46+/m0/s1. The summed E-state index contributed by atoms with van der Waals surface area (Å²) in [7, 11) is 0. The fourth-order valence-corrected chi connectivity index (χ4v) is 7.52. The van der Waals surface area contributed by atoms with Crippen LogP contribution < -0.4 is 5.32 Å². The monoisotopic (exact) mass is 987 g/mol. The topological polar surface area (TPSA) is 276 Å². The third-order valence-corrected chi connectivity index (χ3v) is 10.1. The third-order valence-electron chi connectivity index (χ3n) is 10.1. The molecule has 0 aromatic heterocycles. The molecule has 0 aliphatic carbocycles. The average Bonchev–Trinajstić information content (AvgIpc) is 3.24. The fourth-order valence-electron chi connectivity index (χ4n) is 7.52. The van der Waals surface area contributed by atoms with Crippen LogP contribution in [-0.4, -0.2) is 140 Å². The molecule has 1 N–H and O–H groups in total. The largest absolute Gasteiger partial charge is 0.463 e. The second-order valence-electron chi connectivity index (χ2n) is 17.3. The molecule has 2 aromatic carbocycles. The van der Waals surface area contributed by atoms with E-state index in [1.54, 1.807) is 69.3 Å². The molecule has 2 aliphatic heterocycles. The molecule has 2 aliphatic rings. The summed E-state index contributed by atoms with van der Waals surface area (Å²) < 4.78 is 68.8. The van der Waals surface area contributed by atoms with Crippen LogP contribution in [0.15, 0.2) is 54.6 Å². The first-order valence-corrected chi connectivity index (χ1v) is 22.3. The summed E-state index contributed by atoms with van der Waals surface area (Å²) in [6.45, 7) is 11.3. The highest BCUT2D eigenvalue weighted by molar-refractivity contribution is 5.82. The van der Waals surface area contributed by atoms with Gasteiger partial charge in [0.25, 0.3) is 0 Å². The van der Waals surface area contributed by atoms with E-state index < -0.39 is 140 Å². The van der Waals surface area contributed by atoms with Gasteiger partial charge in [-0.2, -0.15) is 0 Å². The number of carbonyl (C=O) groups is 9. The Hall–Kier alpha value is -6.65. The Morgan fingerprint density at radius 1 is 0.514 bits per heavy atom. The summed E-state index contributed by atoms with van der Waals surface area (Å²) in [5.41, 5.74) is 1.04. The molecular formula is C48H61NO21. The number of hydrogen-bond donors (Lipinski definition) is 1. The lowest BCUT2D eigenvalue weighted by Crippen LogP contribution is -2.67. The molecule has 384 valence electrons. The Labute approximate surface area is 404 Å².